The first-order chi connectivity index (χ1) is 9.29. The standard InChI is InChI=1S/C14H16N4O/c15-7-1-4-12-5-6-13(19)18-14(12)17-10-11-3-2-8-16-9-11/h1-4,7-9H,5-6,10,15H2,(H,17,18,19)/b7-1-,12-4+. The fourth-order valence-electron chi connectivity index (χ4n) is 1.78. The Kier molecular flexibility index (Phi) is 4.44. The Hall–Kier alpha value is -2.43. The minimum Gasteiger partial charge on any atom is -0.405 e. The smallest absolute Gasteiger partial charge is 0.225 e. The minimum absolute atomic E-state index is 0.00110. The normalized spacial score (nSPS) is 20.1. The molecule has 0 unspecified atom stereocenters. The van der Waals surface area contributed by atoms with Crippen LogP contribution in [0.1, 0.15) is 18.4 Å². The van der Waals surface area contributed by atoms with Crippen molar-refractivity contribution in [1.82, 2.24) is 10.3 Å². The lowest BCUT2D eigenvalue weighted by Gasteiger charge is -2.17. The van der Waals surface area contributed by atoms with Crippen LogP contribution in [-0.4, -0.2) is 16.7 Å². The molecule has 3 N–H and O–H groups in total. The van der Waals surface area contributed by atoms with Crippen LogP contribution < -0.4 is 11.1 Å². The van der Waals surface area contributed by atoms with E-state index in [9.17, 15) is 4.79 Å². The zero-order valence-electron chi connectivity index (χ0n) is 10.5. The van der Waals surface area contributed by atoms with Crippen LogP contribution in [0.3, 0.4) is 0 Å². The molecule has 1 fully saturated rings. The molecule has 0 saturated carbocycles. The Labute approximate surface area is 111 Å². The maximum atomic E-state index is 11.4. The molecule has 19 heavy (non-hydrogen) atoms. The number of rotatable bonds is 3. The molecule has 0 bridgehead atoms. The van der Waals surface area contributed by atoms with Gasteiger partial charge in [0.25, 0.3) is 0 Å². The molecule has 1 aliphatic heterocycles. The fourth-order valence-corrected chi connectivity index (χ4v) is 1.78. The van der Waals surface area contributed by atoms with Gasteiger partial charge in [0.15, 0.2) is 0 Å². The number of hydrogen-bond donors (Lipinski definition) is 2. The van der Waals surface area contributed by atoms with E-state index in [0.29, 0.717) is 25.2 Å². The number of nitrogens with two attached hydrogens (primary N) is 1. The van der Waals surface area contributed by atoms with Gasteiger partial charge in [-0.3, -0.25) is 14.8 Å². The summed E-state index contributed by atoms with van der Waals surface area (Å²) in [4.78, 5) is 19.9. The van der Waals surface area contributed by atoms with E-state index >= 15 is 0 Å². The largest absolute Gasteiger partial charge is 0.405 e. The number of aliphatic imine (C=N–C) groups is 1. The first-order valence-electron chi connectivity index (χ1n) is 6.10. The average molecular weight is 256 g/mol. The Morgan fingerprint density at radius 1 is 1.47 bits per heavy atom. The van der Waals surface area contributed by atoms with Crippen molar-refractivity contribution in [3.05, 3.63) is 54.0 Å². The molecule has 2 rings (SSSR count). The van der Waals surface area contributed by atoms with Crippen molar-refractivity contribution in [2.24, 2.45) is 10.7 Å². The number of allylic oxidation sites excluding steroid dienone is 2. The minimum atomic E-state index is -0.00110. The van der Waals surface area contributed by atoms with Gasteiger partial charge in [0.2, 0.25) is 5.91 Å². The molecule has 1 aromatic rings. The van der Waals surface area contributed by atoms with Crippen LogP contribution in [-0.2, 0) is 11.3 Å². The second-order valence-corrected chi connectivity index (χ2v) is 4.15. The number of aromatic nitrogens is 1. The van der Waals surface area contributed by atoms with Crippen molar-refractivity contribution in [1.29, 1.82) is 0 Å². The molecule has 1 saturated heterocycles. The Balaban J connectivity index is 2.15. The van der Waals surface area contributed by atoms with Crippen LogP contribution in [0.2, 0.25) is 0 Å². The SMILES string of the molecule is N/C=C\C=C1/CCC(=O)NC1=NCc1cccnc1. The zero-order valence-corrected chi connectivity index (χ0v) is 10.5. The molecule has 0 spiro atoms. The summed E-state index contributed by atoms with van der Waals surface area (Å²) in [7, 11) is 0. The monoisotopic (exact) mass is 256 g/mol. The van der Waals surface area contributed by atoms with Gasteiger partial charge in [-0.15, -0.1) is 0 Å². The summed E-state index contributed by atoms with van der Waals surface area (Å²) in [6.07, 6.45) is 9.72. The van der Waals surface area contributed by atoms with Crippen LogP contribution in [0.4, 0.5) is 0 Å². The highest BCUT2D eigenvalue weighted by Crippen LogP contribution is 2.13. The van der Waals surface area contributed by atoms with Crippen molar-refractivity contribution in [2.75, 3.05) is 0 Å². The summed E-state index contributed by atoms with van der Waals surface area (Å²) in [6, 6.07) is 3.81. The van der Waals surface area contributed by atoms with Gasteiger partial charge in [0.05, 0.1) is 6.54 Å². The summed E-state index contributed by atoms with van der Waals surface area (Å²) in [5.74, 6) is 0.622. The van der Waals surface area contributed by atoms with Crippen LogP contribution in [0.25, 0.3) is 0 Å². The number of carbonyl (C=O) groups is 1. The van der Waals surface area contributed by atoms with E-state index in [1.54, 1.807) is 18.5 Å². The van der Waals surface area contributed by atoms with Gasteiger partial charge in [-0.1, -0.05) is 12.1 Å². The van der Waals surface area contributed by atoms with Crippen LogP contribution in [0, 0.1) is 0 Å². The lowest BCUT2D eigenvalue weighted by atomic mass is 10.0. The number of nitrogens with one attached hydrogen (secondary N) is 1. The van der Waals surface area contributed by atoms with Crippen molar-refractivity contribution in [3.63, 3.8) is 0 Å². The highest BCUT2D eigenvalue weighted by Gasteiger charge is 2.17. The van der Waals surface area contributed by atoms with Crippen LogP contribution >= 0.6 is 0 Å². The van der Waals surface area contributed by atoms with Crippen molar-refractivity contribution in [2.45, 2.75) is 19.4 Å². The predicted octanol–water partition coefficient (Wildman–Crippen LogP) is 1.29. The van der Waals surface area contributed by atoms with E-state index in [2.05, 4.69) is 15.3 Å². The van der Waals surface area contributed by atoms with E-state index in [0.717, 1.165) is 11.1 Å². The molecule has 2 heterocycles. The molecular formula is C14H16N4O. The maximum absolute atomic E-state index is 11.4. The summed E-state index contributed by atoms with van der Waals surface area (Å²) in [6.45, 7) is 0.493. The van der Waals surface area contributed by atoms with E-state index in [4.69, 9.17) is 5.73 Å². The second-order valence-electron chi connectivity index (χ2n) is 4.15. The molecule has 5 nitrogen and oxygen atoms in total. The van der Waals surface area contributed by atoms with Gasteiger partial charge in [-0.2, -0.15) is 0 Å². The summed E-state index contributed by atoms with van der Waals surface area (Å²) in [5.41, 5.74) is 7.32. The molecule has 0 aliphatic carbocycles. The number of amidine groups is 1. The third kappa shape index (κ3) is 3.77. The van der Waals surface area contributed by atoms with Crippen LogP contribution in [0.15, 0.2) is 53.4 Å². The summed E-state index contributed by atoms with van der Waals surface area (Å²) >= 11 is 0. The van der Waals surface area contributed by atoms with Gasteiger partial charge in [0.1, 0.15) is 5.84 Å². The molecule has 1 aromatic heterocycles. The molecule has 5 heteroatoms. The molecule has 1 aliphatic rings. The zero-order chi connectivity index (χ0) is 13.5. The number of pyridine rings is 1. The highest BCUT2D eigenvalue weighted by molar-refractivity contribution is 6.10. The number of carbonyl (C=O) groups excluding carboxylic acids is 1. The predicted molar refractivity (Wildman–Crippen MR) is 74.2 cm³/mol. The van der Waals surface area contributed by atoms with Gasteiger partial charge in [-0.05, 0) is 35.9 Å². The lowest BCUT2D eigenvalue weighted by Crippen LogP contribution is -2.36. The highest BCUT2D eigenvalue weighted by atomic mass is 16.1. The molecule has 0 radical (unpaired) electrons. The van der Waals surface area contributed by atoms with Gasteiger partial charge in [-0.25, -0.2) is 0 Å². The summed E-state index contributed by atoms with van der Waals surface area (Å²) in [5, 5.41) is 2.79. The first-order valence-corrected chi connectivity index (χ1v) is 6.10. The van der Waals surface area contributed by atoms with Crippen molar-refractivity contribution >= 4 is 11.7 Å². The van der Waals surface area contributed by atoms with Crippen molar-refractivity contribution in [3.8, 4) is 0 Å². The Bertz CT molecular complexity index is 532. The Morgan fingerprint density at radius 2 is 2.37 bits per heavy atom. The number of amides is 1. The molecular weight excluding hydrogens is 240 g/mol. The third-order valence-electron chi connectivity index (χ3n) is 2.73. The molecule has 0 aromatic carbocycles. The quantitative estimate of drug-likeness (QED) is 0.855. The van der Waals surface area contributed by atoms with Gasteiger partial charge in [0, 0.05) is 18.8 Å². The fraction of sp³-hybridized carbons (Fsp3) is 0.214. The number of piperidine rings is 1. The number of nitrogens with zero attached hydrogens (tertiary/aromatic N) is 2. The van der Waals surface area contributed by atoms with Crippen molar-refractivity contribution < 1.29 is 4.79 Å². The topological polar surface area (TPSA) is 80.4 Å². The van der Waals surface area contributed by atoms with Gasteiger partial charge >= 0.3 is 0 Å². The van der Waals surface area contributed by atoms with E-state index in [-0.39, 0.29) is 5.91 Å². The third-order valence-corrected chi connectivity index (χ3v) is 2.73. The first kappa shape index (κ1) is 13.0. The molecule has 98 valence electrons. The van der Waals surface area contributed by atoms with Crippen LogP contribution in [0.5, 0.6) is 0 Å². The molecule has 1 amide bonds. The lowest BCUT2D eigenvalue weighted by molar-refractivity contribution is -0.119. The maximum Gasteiger partial charge on any atom is 0.225 e. The molecule has 0 atom stereocenters. The van der Waals surface area contributed by atoms with E-state index < -0.39 is 0 Å². The average Bonchev–Trinajstić information content (AvgIpc) is 2.45. The Morgan fingerprint density at radius 3 is 3.11 bits per heavy atom. The number of hydrogen-bond acceptors (Lipinski definition) is 4. The second kappa shape index (κ2) is 6.49. The van der Waals surface area contributed by atoms with E-state index in [1.165, 1.54) is 6.20 Å². The van der Waals surface area contributed by atoms with E-state index in [1.807, 2.05) is 18.2 Å². The summed E-state index contributed by atoms with van der Waals surface area (Å²) < 4.78 is 0. The van der Waals surface area contributed by atoms with Gasteiger partial charge < -0.3 is 11.1 Å².